The summed E-state index contributed by atoms with van der Waals surface area (Å²) in [6.07, 6.45) is -0.433. The van der Waals surface area contributed by atoms with E-state index in [-0.39, 0.29) is 11.3 Å². The Morgan fingerprint density at radius 1 is 1.37 bits per heavy atom. The van der Waals surface area contributed by atoms with Gasteiger partial charge in [-0.05, 0) is 19.1 Å². The minimum atomic E-state index is -1.14. The summed E-state index contributed by atoms with van der Waals surface area (Å²) < 4.78 is 27.2. The number of aromatic amines is 1. The Hall–Kier alpha value is -2.44. The zero-order valence-corrected chi connectivity index (χ0v) is 9.91. The van der Waals surface area contributed by atoms with Gasteiger partial charge in [-0.2, -0.15) is 0 Å². The number of hydrogen-bond acceptors (Lipinski definition) is 2. The first-order chi connectivity index (χ1) is 8.90. The van der Waals surface area contributed by atoms with Crippen LogP contribution in [0.2, 0.25) is 0 Å². The maximum absolute atomic E-state index is 13.1. The van der Waals surface area contributed by atoms with Gasteiger partial charge in [0.15, 0.2) is 11.6 Å². The standard InChI is InChI=1S/C12H10F2N2O3/c1-6-8(5-11(17)18)12(19)15-16(6)7-2-3-9(13)10(14)4-7/h2-4H,5H2,1H3,(H,15,19)(H,17,18). The first-order valence-corrected chi connectivity index (χ1v) is 5.38. The van der Waals surface area contributed by atoms with E-state index in [1.165, 1.54) is 17.7 Å². The Balaban J connectivity index is 2.54. The number of carboxylic acids is 1. The van der Waals surface area contributed by atoms with E-state index in [9.17, 15) is 18.4 Å². The van der Waals surface area contributed by atoms with Gasteiger partial charge in [0.25, 0.3) is 5.56 Å². The molecule has 0 spiro atoms. The predicted octanol–water partition coefficient (Wildman–Crippen LogP) is 1.38. The SMILES string of the molecule is Cc1c(CC(=O)O)c(=O)[nH]n1-c1ccc(F)c(F)c1. The van der Waals surface area contributed by atoms with E-state index in [2.05, 4.69) is 5.10 Å². The zero-order chi connectivity index (χ0) is 14.2. The molecule has 0 aliphatic rings. The second-order valence-corrected chi connectivity index (χ2v) is 4.01. The maximum atomic E-state index is 13.1. The highest BCUT2D eigenvalue weighted by molar-refractivity contribution is 5.70. The van der Waals surface area contributed by atoms with Crippen LogP contribution in [0, 0.1) is 18.6 Å². The lowest BCUT2D eigenvalue weighted by molar-refractivity contribution is -0.136. The highest BCUT2D eigenvalue weighted by atomic mass is 19.2. The number of benzene rings is 1. The quantitative estimate of drug-likeness (QED) is 0.883. The molecule has 0 atom stereocenters. The van der Waals surface area contributed by atoms with Crippen molar-refractivity contribution in [3.63, 3.8) is 0 Å². The second kappa shape index (κ2) is 4.68. The molecule has 0 aliphatic carbocycles. The Morgan fingerprint density at radius 2 is 2.05 bits per heavy atom. The molecule has 2 N–H and O–H groups in total. The smallest absolute Gasteiger partial charge is 0.308 e. The molecule has 1 heterocycles. The third-order valence-corrected chi connectivity index (χ3v) is 2.75. The normalized spacial score (nSPS) is 10.7. The van der Waals surface area contributed by atoms with Crippen molar-refractivity contribution >= 4 is 5.97 Å². The molecule has 2 rings (SSSR count). The van der Waals surface area contributed by atoms with Crippen molar-refractivity contribution in [3.05, 3.63) is 51.4 Å². The number of carbonyl (C=O) groups is 1. The molecule has 19 heavy (non-hydrogen) atoms. The van der Waals surface area contributed by atoms with Crippen LogP contribution in [0.15, 0.2) is 23.0 Å². The van der Waals surface area contributed by atoms with Crippen molar-refractivity contribution in [1.82, 2.24) is 9.78 Å². The molecule has 1 aromatic carbocycles. The fourth-order valence-corrected chi connectivity index (χ4v) is 1.79. The maximum Gasteiger partial charge on any atom is 0.308 e. The largest absolute Gasteiger partial charge is 0.481 e. The van der Waals surface area contributed by atoms with Gasteiger partial charge in [0.05, 0.1) is 17.7 Å². The molecule has 7 heteroatoms. The van der Waals surface area contributed by atoms with Crippen molar-refractivity contribution in [3.8, 4) is 5.69 Å². The van der Waals surface area contributed by atoms with E-state index in [0.29, 0.717) is 5.69 Å². The van der Waals surface area contributed by atoms with Crippen molar-refractivity contribution < 1.29 is 18.7 Å². The minimum absolute atomic E-state index is 0.0808. The van der Waals surface area contributed by atoms with E-state index in [1.807, 2.05) is 0 Å². The Bertz CT molecular complexity index is 703. The highest BCUT2D eigenvalue weighted by Crippen LogP contribution is 2.15. The number of hydrogen-bond donors (Lipinski definition) is 2. The highest BCUT2D eigenvalue weighted by Gasteiger charge is 2.15. The first-order valence-electron chi connectivity index (χ1n) is 5.38. The van der Waals surface area contributed by atoms with Gasteiger partial charge in [-0.15, -0.1) is 0 Å². The van der Waals surface area contributed by atoms with Crippen LogP contribution in [0.4, 0.5) is 8.78 Å². The van der Waals surface area contributed by atoms with Crippen molar-refractivity contribution in [1.29, 1.82) is 0 Å². The van der Waals surface area contributed by atoms with E-state index in [4.69, 9.17) is 5.11 Å². The van der Waals surface area contributed by atoms with E-state index < -0.39 is 29.6 Å². The summed E-state index contributed by atoms with van der Waals surface area (Å²) in [5.41, 5.74) is 0.0745. The molecule has 0 saturated carbocycles. The first kappa shape index (κ1) is 13.0. The predicted molar refractivity (Wildman–Crippen MR) is 62.4 cm³/mol. The number of aromatic nitrogens is 2. The van der Waals surface area contributed by atoms with Gasteiger partial charge in [-0.1, -0.05) is 0 Å². The van der Waals surface area contributed by atoms with Gasteiger partial charge in [-0.25, -0.2) is 8.78 Å². The van der Waals surface area contributed by atoms with Crippen LogP contribution in [0.3, 0.4) is 0 Å². The molecule has 0 fully saturated rings. The molecule has 0 saturated heterocycles. The van der Waals surface area contributed by atoms with Crippen molar-refractivity contribution in [2.45, 2.75) is 13.3 Å². The molecule has 5 nitrogen and oxygen atoms in total. The van der Waals surface area contributed by atoms with Crippen LogP contribution in [0.5, 0.6) is 0 Å². The molecular formula is C12H10F2N2O3. The molecule has 1 aromatic heterocycles. The number of aliphatic carboxylic acids is 1. The van der Waals surface area contributed by atoms with Crippen LogP contribution >= 0.6 is 0 Å². The lowest BCUT2D eigenvalue weighted by atomic mass is 10.2. The topological polar surface area (TPSA) is 75.1 Å². The van der Waals surface area contributed by atoms with E-state index >= 15 is 0 Å². The minimum Gasteiger partial charge on any atom is -0.481 e. The number of nitrogens with zero attached hydrogens (tertiary/aromatic N) is 1. The van der Waals surface area contributed by atoms with Crippen LogP contribution in [-0.4, -0.2) is 20.9 Å². The summed E-state index contributed by atoms with van der Waals surface area (Å²) in [4.78, 5) is 22.3. The van der Waals surface area contributed by atoms with Gasteiger partial charge in [0, 0.05) is 11.8 Å². The summed E-state index contributed by atoms with van der Waals surface area (Å²) in [6.45, 7) is 1.53. The molecule has 2 aromatic rings. The summed E-state index contributed by atoms with van der Waals surface area (Å²) in [7, 11) is 0. The molecule has 100 valence electrons. The Kier molecular flexibility index (Phi) is 3.20. The van der Waals surface area contributed by atoms with Crippen LogP contribution < -0.4 is 5.56 Å². The molecule has 0 radical (unpaired) electrons. The van der Waals surface area contributed by atoms with Crippen LogP contribution in [0.1, 0.15) is 11.3 Å². The summed E-state index contributed by atoms with van der Waals surface area (Å²) in [5, 5.41) is 11.1. The summed E-state index contributed by atoms with van der Waals surface area (Å²) in [5.74, 6) is -3.19. The number of halogens is 2. The van der Waals surface area contributed by atoms with Crippen molar-refractivity contribution in [2.75, 3.05) is 0 Å². The third-order valence-electron chi connectivity index (χ3n) is 2.75. The number of nitrogens with one attached hydrogen (secondary N) is 1. The van der Waals surface area contributed by atoms with Gasteiger partial charge >= 0.3 is 5.97 Å². The summed E-state index contributed by atoms with van der Waals surface area (Å²) >= 11 is 0. The number of rotatable bonds is 3. The Labute approximate surface area is 106 Å². The average molecular weight is 268 g/mol. The molecule has 0 unspecified atom stereocenters. The van der Waals surface area contributed by atoms with Gasteiger partial charge < -0.3 is 5.11 Å². The Morgan fingerprint density at radius 3 is 2.63 bits per heavy atom. The fraction of sp³-hybridized carbons (Fsp3) is 0.167. The molecule has 0 bridgehead atoms. The lowest BCUT2D eigenvalue weighted by Gasteiger charge is -2.06. The van der Waals surface area contributed by atoms with Gasteiger partial charge in [-0.3, -0.25) is 19.4 Å². The monoisotopic (exact) mass is 268 g/mol. The van der Waals surface area contributed by atoms with Crippen LogP contribution in [0.25, 0.3) is 5.69 Å². The number of carboxylic acid groups (broad SMARTS) is 1. The molecule has 0 amide bonds. The lowest BCUT2D eigenvalue weighted by Crippen LogP contribution is -2.11. The second-order valence-electron chi connectivity index (χ2n) is 4.01. The van der Waals surface area contributed by atoms with Gasteiger partial charge in [0.1, 0.15) is 0 Å². The summed E-state index contributed by atoms with van der Waals surface area (Å²) in [6, 6.07) is 3.13. The fourth-order valence-electron chi connectivity index (χ4n) is 1.79. The van der Waals surface area contributed by atoms with Crippen LogP contribution in [-0.2, 0) is 11.2 Å². The van der Waals surface area contributed by atoms with E-state index in [0.717, 1.165) is 12.1 Å². The van der Waals surface area contributed by atoms with E-state index in [1.54, 1.807) is 0 Å². The molecule has 0 aliphatic heterocycles. The average Bonchev–Trinajstić information content (AvgIpc) is 2.60. The zero-order valence-electron chi connectivity index (χ0n) is 9.91. The third kappa shape index (κ3) is 2.40. The molecular weight excluding hydrogens is 258 g/mol. The van der Waals surface area contributed by atoms with Gasteiger partial charge in [0.2, 0.25) is 0 Å². The van der Waals surface area contributed by atoms with Crippen molar-refractivity contribution in [2.24, 2.45) is 0 Å². The number of H-pyrrole nitrogens is 1.